The molecular weight excluding hydrogens is 250 g/mol. The monoisotopic (exact) mass is 279 g/mol. The lowest BCUT2D eigenvalue weighted by Crippen LogP contribution is -2.42. The minimum absolute atomic E-state index is 0.0502. The van der Waals surface area contributed by atoms with E-state index in [0.717, 1.165) is 19.4 Å². The van der Waals surface area contributed by atoms with Gasteiger partial charge < -0.3 is 15.2 Å². The summed E-state index contributed by atoms with van der Waals surface area (Å²) in [7, 11) is 0. The maximum atomic E-state index is 11.9. The Balaban J connectivity index is 2.60. The minimum atomic E-state index is -0.179. The summed E-state index contributed by atoms with van der Waals surface area (Å²) >= 11 is 0. The second-order valence-electron chi connectivity index (χ2n) is 6.33. The molecule has 114 valence electrons. The fourth-order valence-corrected chi connectivity index (χ4v) is 2.20. The van der Waals surface area contributed by atoms with E-state index in [1.807, 2.05) is 31.5 Å². The highest BCUT2D eigenvalue weighted by atomic mass is 16.2. The first-order chi connectivity index (χ1) is 9.35. The molecule has 4 heteroatoms. The number of carbonyl (C=O) groups is 1. The zero-order valence-electron chi connectivity index (χ0n) is 13.5. The first-order valence-corrected chi connectivity index (χ1v) is 7.55. The van der Waals surface area contributed by atoms with Crippen LogP contribution in [-0.2, 0) is 11.3 Å². The molecule has 0 aliphatic heterocycles. The van der Waals surface area contributed by atoms with Gasteiger partial charge in [0.2, 0.25) is 5.91 Å². The third-order valence-electron chi connectivity index (χ3n) is 3.07. The van der Waals surface area contributed by atoms with Gasteiger partial charge >= 0.3 is 0 Å². The number of hydrogen-bond acceptors (Lipinski definition) is 2. The molecule has 0 aromatic carbocycles. The molecule has 4 nitrogen and oxygen atoms in total. The zero-order valence-corrected chi connectivity index (χ0v) is 13.5. The Kier molecular flexibility index (Phi) is 6.27. The summed E-state index contributed by atoms with van der Waals surface area (Å²) in [6.45, 7) is 11.7. The van der Waals surface area contributed by atoms with Gasteiger partial charge in [-0.25, -0.2) is 0 Å². The molecule has 1 aromatic heterocycles. The van der Waals surface area contributed by atoms with Gasteiger partial charge in [-0.1, -0.05) is 13.8 Å². The zero-order chi connectivity index (χ0) is 15.2. The molecule has 0 saturated heterocycles. The van der Waals surface area contributed by atoms with Crippen LogP contribution in [0.1, 0.15) is 59.1 Å². The van der Waals surface area contributed by atoms with Gasteiger partial charge in [0, 0.05) is 24.0 Å². The van der Waals surface area contributed by atoms with Crippen molar-refractivity contribution in [1.82, 2.24) is 15.2 Å². The van der Waals surface area contributed by atoms with Crippen LogP contribution in [0.25, 0.3) is 0 Å². The van der Waals surface area contributed by atoms with Crippen molar-refractivity contribution in [2.45, 2.75) is 65.6 Å². The second kappa shape index (κ2) is 7.48. The van der Waals surface area contributed by atoms with Crippen LogP contribution < -0.4 is 10.6 Å². The van der Waals surface area contributed by atoms with Crippen molar-refractivity contribution < 1.29 is 4.79 Å². The van der Waals surface area contributed by atoms with Gasteiger partial charge in [-0.3, -0.25) is 4.79 Å². The smallest absolute Gasteiger partial charge is 0.240 e. The summed E-state index contributed by atoms with van der Waals surface area (Å²) in [5.74, 6) is 0.0502. The molecule has 0 saturated carbocycles. The van der Waals surface area contributed by atoms with E-state index in [9.17, 15) is 4.79 Å². The van der Waals surface area contributed by atoms with Crippen molar-refractivity contribution >= 4 is 5.91 Å². The molecule has 1 atom stereocenters. The minimum Gasteiger partial charge on any atom is -0.350 e. The van der Waals surface area contributed by atoms with Gasteiger partial charge in [0.05, 0.1) is 0 Å². The Hall–Kier alpha value is -1.29. The van der Waals surface area contributed by atoms with Crippen LogP contribution in [0.2, 0.25) is 0 Å². The van der Waals surface area contributed by atoms with E-state index >= 15 is 0 Å². The number of aromatic nitrogens is 1. The van der Waals surface area contributed by atoms with Crippen molar-refractivity contribution in [3.8, 4) is 0 Å². The number of rotatable bonds is 7. The summed E-state index contributed by atoms with van der Waals surface area (Å²) in [6, 6.07) is 2.48. The lowest BCUT2D eigenvalue weighted by Gasteiger charge is -2.20. The molecule has 1 amide bonds. The topological polar surface area (TPSA) is 46.1 Å². The van der Waals surface area contributed by atoms with E-state index in [0.29, 0.717) is 12.6 Å². The summed E-state index contributed by atoms with van der Waals surface area (Å²) < 4.78 is 1.95. The molecule has 0 radical (unpaired) electrons. The van der Waals surface area contributed by atoms with Crippen LogP contribution in [0.4, 0.5) is 0 Å². The van der Waals surface area contributed by atoms with Crippen LogP contribution >= 0.6 is 0 Å². The van der Waals surface area contributed by atoms with Crippen molar-refractivity contribution in [1.29, 1.82) is 0 Å². The predicted molar refractivity (Wildman–Crippen MR) is 83.7 cm³/mol. The normalized spacial score (nSPS) is 13.2. The molecule has 0 aliphatic rings. The first kappa shape index (κ1) is 16.8. The van der Waals surface area contributed by atoms with Crippen LogP contribution in [0, 0.1) is 0 Å². The highest BCUT2D eigenvalue weighted by molar-refractivity contribution is 5.76. The van der Waals surface area contributed by atoms with Gasteiger partial charge in [-0.15, -0.1) is 0 Å². The molecular formula is C16H29N3O. The molecule has 1 unspecified atom stereocenters. The second-order valence-corrected chi connectivity index (χ2v) is 6.33. The number of nitrogens with zero attached hydrogens (tertiary/aromatic N) is 1. The van der Waals surface area contributed by atoms with E-state index in [2.05, 4.69) is 36.7 Å². The number of hydrogen-bond donors (Lipinski definition) is 2. The number of amides is 1. The van der Waals surface area contributed by atoms with E-state index in [4.69, 9.17) is 0 Å². The van der Waals surface area contributed by atoms with Gasteiger partial charge in [-0.05, 0) is 51.8 Å². The summed E-state index contributed by atoms with van der Waals surface area (Å²) in [5, 5.41) is 6.51. The molecule has 1 rings (SSSR count). The standard InChI is InChI=1S/C16H29N3O/c1-6-9-17-14(7-2)13-8-10-19(11-13)12-15(20)18-16(3,4)5/h8,10-11,14,17H,6-7,9,12H2,1-5H3,(H,18,20). The lowest BCUT2D eigenvalue weighted by atomic mass is 10.1. The highest BCUT2D eigenvalue weighted by Crippen LogP contribution is 2.17. The van der Waals surface area contributed by atoms with Gasteiger partial charge in [0.1, 0.15) is 6.54 Å². The van der Waals surface area contributed by atoms with E-state index < -0.39 is 0 Å². The molecule has 2 N–H and O–H groups in total. The fourth-order valence-electron chi connectivity index (χ4n) is 2.20. The first-order valence-electron chi connectivity index (χ1n) is 7.55. The summed E-state index contributed by atoms with van der Waals surface area (Å²) in [5.41, 5.74) is 1.08. The van der Waals surface area contributed by atoms with Crippen LogP contribution in [0.5, 0.6) is 0 Å². The van der Waals surface area contributed by atoms with Crippen molar-refractivity contribution in [2.75, 3.05) is 6.54 Å². The van der Waals surface area contributed by atoms with Gasteiger partial charge in [0.15, 0.2) is 0 Å². The van der Waals surface area contributed by atoms with Crippen molar-refractivity contribution in [3.05, 3.63) is 24.0 Å². The average molecular weight is 279 g/mol. The molecule has 0 spiro atoms. The summed E-state index contributed by atoms with van der Waals surface area (Å²) in [4.78, 5) is 11.9. The third-order valence-corrected chi connectivity index (χ3v) is 3.07. The Labute approximate surface area is 122 Å². The Morgan fingerprint density at radius 2 is 2.05 bits per heavy atom. The highest BCUT2D eigenvalue weighted by Gasteiger charge is 2.15. The average Bonchev–Trinajstić information content (AvgIpc) is 2.76. The quantitative estimate of drug-likeness (QED) is 0.806. The van der Waals surface area contributed by atoms with Crippen LogP contribution in [0.15, 0.2) is 18.5 Å². The van der Waals surface area contributed by atoms with Gasteiger partial charge in [-0.2, -0.15) is 0 Å². The van der Waals surface area contributed by atoms with E-state index in [1.54, 1.807) is 0 Å². The fraction of sp³-hybridized carbons (Fsp3) is 0.688. The maximum absolute atomic E-state index is 11.9. The SMILES string of the molecule is CCCNC(CC)c1ccn(CC(=O)NC(C)(C)C)c1. The number of carbonyl (C=O) groups excluding carboxylic acids is 1. The third kappa shape index (κ3) is 5.78. The molecule has 0 fully saturated rings. The molecule has 20 heavy (non-hydrogen) atoms. The van der Waals surface area contributed by atoms with E-state index in [1.165, 1.54) is 5.56 Å². The number of nitrogens with one attached hydrogen (secondary N) is 2. The van der Waals surface area contributed by atoms with Gasteiger partial charge in [0.25, 0.3) is 0 Å². The largest absolute Gasteiger partial charge is 0.350 e. The molecule has 1 heterocycles. The van der Waals surface area contributed by atoms with Crippen molar-refractivity contribution in [3.63, 3.8) is 0 Å². The maximum Gasteiger partial charge on any atom is 0.240 e. The predicted octanol–water partition coefficient (Wildman–Crippen LogP) is 2.85. The molecule has 1 aromatic rings. The molecule has 0 aliphatic carbocycles. The Bertz CT molecular complexity index is 418. The van der Waals surface area contributed by atoms with Crippen LogP contribution in [-0.4, -0.2) is 22.6 Å². The van der Waals surface area contributed by atoms with E-state index in [-0.39, 0.29) is 11.4 Å². The Morgan fingerprint density at radius 1 is 1.35 bits per heavy atom. The van der Waals surface area contributed by atoms with Crippen LogP contribution in [0.3, 0.4) is 0 Å². The van der Waals surface area contributed by atoms with Crippen molar-refractivity contribution in [2.24, 2.45) is 0 Å². The molecule has 0 bridgehead atoms. The lowest BCUT2D eigenvalue weighted by molar-refractivity contribution is -0.123. The summed E-state index contributed by atoms with van der Waals surface area (Å²) in [6.07, 6.45) is 6.23. The Morgan fingerprint density at radius 3 is 2.60 bits per heavy atom.